The molecule has 4 aromatic rings. The van der Waals surface area contributed by atoms with Gasteiger partial charge in [-0.25, -0.2) is 13.4 Å². The molecule has 0 aliphatic heterocycles. The second-order valence-corrected chi connectivity index (χ2v) is 9.42. The molecule has 0 aliphatic rings. The molecule has 8 nitrogen and oxygen atoms in total. The number of ether oxygens (including phenoxy) is 1. The Balaban J connectivity index is 1.42. The molecular formula is C22H18N4O4S2. The summed E-state index contributed by atoms with van der Waals surface area (Å²) in [7, 11) is -3.65. The average Bonchev–Trinajstić information content (AvgIpc) is 3.36. The highest BCUT2D eigenvalue weighted by molar-refractivity contribution is 7.94. The number of nitrogens with zero attached hydrogens (tertiary/aromatic N) is 2. The average molecular weight is 467 g/mol. The third kappa shape index (κ3) is 5.29. The lowest BCUT2D eigenvalue weighted by Crippen LogP contribution is -2.15. The van der Waals surface area contributed by atoms with E-state index in [0.717, 1.165) is 16.9 Å². The third-order valence-corrected chi connectivity index (χ3v) is 7.08. The molecule has 4 rings (SSSR count). The minimum atomic E-state index is -3.65. The van der Waals surface area contributed by atoms with Crippen LogP contribution < -0.4 is 14.8 Å². The number of carbonyl (C=O) groups is 1. The molecular weight excluding hydrogens is 448 g/mol. The van der Waals surface area contributed by atoms with Crippen LogP contribution in [-0.4, -0.2) is 24.3 Å². The number of thiophene rings is 1. The van der Waals surface area contributed by atoms with Crippen molar-refractivity contribution in [2.45, 2.75) is 10.8 Å². The molecule has 0 spiro atoms. The standard InChI is InChI=1S/C22H18N4O4S2/c27-22(17-5-7-18(8-6-17)26-32(28,29)20-4-2-14-31-20)25-21-19(3-1-11-24-21)30-15-16-9-12-23-13-10-16/h1-14,26H,15H2,(H,24,25,27). The van der Waals surface area contributed by atoms with Gasteiger partial charge in [0.15, 0.2) is 11.6 Å². The van der Waals surface area contributed by atoms with Gasteiger partial charge in [0.1, 0.15) is 10.8 Å². The topological polar surface area (TPSA) is 110 Å². The third-order valence-electron chi connectivity index (χ3n) is 4.31. The molecule has 1 aromatic carbocycles. The van der Waals surface area contributed by atoms with E-state index in [1.807, 2.05) is 12.1 Å². The lowest BCUT2D eigenvalue weighted by molar-refractivity contribution is 0.102. The Morgan fingerprint density at radius 2 is 1.75 bits per heavy atom. The number of anilines is 2. The summed E-state index contributed by atoms with van der Waals surface area (Å²) in [5.41, 5.74) is 1.63. The number of carbonyl (C=O) groups excluding carboxylic acids is 1. The zero-order chi connectivity index (χ0) is 22.4. The number of pyridine rings is 2. The molecule has 0 fully saturated rings. The molecule has 3 aromatic heterocycles. The Labute approximate surface area is 189 Å². The lowest BCUT2D eigenvalue weighted by Gasteiger charge is -2.12. The first-order valence-corrected chi connectivity index (χ1v) is 11.8. The lowest BCUT2D eigenvalue weighted by atomic mass is 10.2. The van der Waals surface area contributed by atoms with Gasteiger partial charge in [-0.15, -0.1) is 11.3 Å². The maximum absolute atomic E-state index is 12.7. The summed E-state index contributed by atoms with van der Waals surface area (Å²) < 4.78 is 33.1. The molecule has 3 heterocycles. The Hall–Kier alpha value is -3.76. The van der Waals surface area contributed by atoms with E-state index in [0.29, 0.717) is 23.6 Å². The Morgan fingerprint density at radius 1 is 0.969 bits per heavy atom. The normalized spacial score (nSPS) is 11.0. The number of rotatable bonds is 8. The molecule has 0 saturated heterocycles. The quantitative estimate of drug-likeness (QED) is 0.403. The number of aromatic nitrogens is 2. The van der Waals surface area contributed by atoms with Crippen molar-refractivity contribution in [1.82, 2.24) is 9.97 Å². The van der Waals surface area contributed by atoms with Gasteiger partial charge in [-0.05, 0) is 65.5 Å². The van der Waals surface area contributed by atoms with Gasteiger partial charge in [0.05, 0.1) is 0 Å². The first-order chi connectivity index (χ1) is 15.5. The van der Waals surface area contributed by atoms with Gasteiger partial charge in [-0.2, -0.15) is 0 Å². The molecule has 10 heteroatoms. The molecule has 0 unspecified atom stereocenters. The van der Waals surface area contributed by atoms with Crippen molar-refractivity contribution in [3.8, 4) is 5.75 Å². The molecule has 162 valence electrons. The highest BCUT2D eigenvalue weighted by atomic mass is 32.2. The largest absolute Gasteiger partial charge is 0.485 e. The summed E-state index contributed by atoms with van der Waals surface area (Å²) in [5.74, 6) is 0.317. The number of amides is 1. The smallest absolute Gasteiger partial charge is 0.271 e. The van der Waals surface area contributed by atoms with Crippen molar-refractivity contribution in [3.63, 3.8) is 0 Å². The molecule has 0 radical (unpaired) electrons. The van der Waals surface area contributed by atoms with E-state index in [4.69, 9.17) is 4.74 Å². The minimum Gasteiger partial charge on any atom is -0.485 e. The van der Waals surface area contributed by atoms with Crippen LogP contribution in [0.4, 0.5) is 11.5 Å². The van der Waals surface area contributed by atoms with Gasteiger partial charge in [-0.1, -0.05) is 6.07 Å². The van der Waals surface area contributed by atoms with Gasteiger partial charge in [0.2, 0.25) is 0 Å². The summed E-state index contributed by atoms with van der Waals surface area (Å²) in [4.78, 5) is 20.8. The van der Waals surface area contributed by atoms with E-state index >= 15 is 0 Å². The molecule has 2 N–H and O–H groups in total. The Kier molecular flexibility index (Phi) is 6.43. The minimum absolute atomic E-state index is 0.216. The molecule has 32 heavy (non-hydrogen) atoms. The van der Waals surface area contributed by atoms with Crippen molar-refractivity contribution in [1.29, 1.82) is 0 Å². The first kappa shape index (κ1) is 21.5. The Morgan fingerprint density at radius 3 is 2.47 bits per heavy atom. The van der Waals surface area contributed by atoms with E-state index in [1.165, 1.54) is 30.3 Å². The van der Waals surface area contributed by atoms with Crippen LogP contribution in [0.2, 0.25) is 0 Å². The molecule has 1 amide bonds. The van der Waals surface area contributed by atoms with Gasteiger partial charge in [0.25, 0.3) is 15.9 Å². The summed E-state index contributed by atoms with van der Waals surface area (Å²) >= 11 is 1.13. The predicted molar refractivity (Wildman–Crippen MR) is 122 cm³/mol. The monoisotopic (exact) mass is 466 g/mol. The van der Waals surface area contributed by atoms with Crippen molar-refractivity contribution in [3.05, 3.63) is 95.8 Å². The van der Waals surface area contributed by atoms with E-state index in [9.17, 15) is 13.2 Å². The molecule has 0 saturated carbocycles. The Bertz CT molecular complexity index is 1290. The van der Waals surface area contributed by atoms with Crippen LogP contribution in [0.15, 0.2) is 88.8 Å². The van der Waals surface area contributed by atoms with Gasteiger partial charge < -0.3 is 10.1 Å². The summed E-state index contributed by atoms with van der Waals surface area (Å²) in [5, 5.41) is 4.42. The molecule has 0 bridgehead atoms. The second-order valence-electron chi connectivity index (χ2n) is 6.56. The summed E-state index contributed by atoms with van der Waals surface area (Å²) in [6.07, 6.45) is 4.90. The number of hydrogen-bond acceptors (Lipinski definition) is 7. The fourth-order valence-electron chi connectivity index (χ4n) is 2.73. The van der Waals surface area contributed by atoms with Crippen LogP contribution in [0.25, 0.3) is 0 Å². The fraction of sp³-hybridized carbons (Fsp3) is 0.0455. The maximum atomic E-state index is 12.7. The summed E-state index contributed by atoms with van der Waals surface area (Å²) in [6.45, 7) is 0.302. The second kappa shape index (κ2) is 9.58. The van der Waals surface area contributed by atoms with Gasteiger partial charge in [-0.3, -0.25) is 14.5 Å². The van der Waals surface area contributed by atoms with Crippen molar-refractivity contribution in [2.24, 2.45) is 0 Å². The van der Waals surface area contributed by atoms with Crippen LogP contribution >= 0.6 is 11.3 Å². The molecule has 0 atom stereocenters. The SMILES string of the molecule is O=C(Nc1ncccc1OCc1ccncc1)c1ccc(NS(=O)(=O)c2cccs2)cc1. The van der Waals surface area contributed by atoms with Crippen LogP contribution in [0.1, 0.15) is 15.9 Å². The number of benzene rings is 1. The van der Waals surface area contributed by atoms with E-state index in [2.05, 4.69) is 20.0 Å². The number of hydrogen-bond donors (Lipinski definition) is 2. The van der Waals surface area contributed by atoms with Crippen molar-refractivity contribution >= 4 is 38.8 Å². The number of nitrogens with one attached hydrogen (secondary N) is 2. The summed E-state index contributed by atoms with van der Waals surface area (Å²) in [6, 6.07) is 16.4. The zero-order valence-corrected chi connectivity index (χ0v) is 18.3. The van der Waals surface area contributed by atoms with Crippen LogP contribution in [0.3, 0.4) is 0 Å². The van der Waals surface area contributed by atoms with E-state index in [-0.39, 0.29) is 10.0 Å². The first-order valence-electron chi connectivity index (χ1n) is 9.46. The van der Waals surface area contributed by atoms with E-state index in [1.54, 1.807) is 42.2 Å². The maximum Gasteiger partial charge on any atom is 0.271 e. The zero-order valence-electron chi connectivity index (χ0n) is 16.6. The highest BCUT2D eigenvalue weighted by Gasteiger charge is 2.16. The van der Waals surface area contributed by atoms with Gasteiger partial charge in [0, 0.05) is 29.8 Å². The van der Waals surface area contributed by atoms with Gasteiger partial charge >= 0.3 is 0 Å². The molecule has 0 aliphatic carbocycles. The number of sulfonamides is 1. The van der Waals surface area contributed by atoms with Crippen molar-refractivity contribution < 1.29 is 17.9 Å². The van der Waals surface area contributed by atoms with E-state index < -0.39 is 15.9 Å². The van der Waals surface area contributed by atoms with Crippen molar-refractivity contribution in [2.75, 3.05) is 10.0 Å². The predicted octanol–water partition coefficient (Wildman–Crippen LogP) is 4.17. The fourth-order valence-corrected chi connectivity index (χ4v) is 4.78. The van der Waals surface area contributed by atoms with Crippen LogP contribution in [0.5, 0.6) is 5.75 Å². The highest BCUT2D eigenvalue weighted by Crippen LogP contribution is 2.24. The van der Waals surface area contributed by atoms with Crippen LogP contribution in [0, 0.1) is 0 Å². The van der Waals surface area contributed by atoms with Crippen LogP contribution in [-0.2, 0) is 16.6 Å².